The molecule has 2 rings (SSSR count). The van der Waals surface area contributed by atoms with Crippen LogP contribution in [0.5, 0.6) is 0 Å². The lowest BCUT2D eigenvalue weighted by Gasteiger charge is -2.18. The smallest absolute Gasteiger partial charge is 0.261 e. The van der Waals surface area contributed by atoms with Crippen molar-refractivity contribution in [2.75, 3.05) is 11.9 Å². The Balaban J connectivity index is 2.40. The standard InChI is InChI=1S/C14H10ClN3O/c1-18(12-7-3-2-5-10(12)9-16)14(19)11-6-4-8-17-13(11)15/h2-8H,1H3. The summed E-state index contributed by atoms with van der Waals surface area (Å²) in [5, 5.41) is 9.19. The normalized spacial score (nSPS) is 9.74. The highest BCUT2D eigenvalue weighted by molar-refractivity contribution is 6.33. The number of hydrogen-bond acceptors (Lipinski definition) is 3. The SMILES string of the molecule is CN(C(=O)c1cccnc1Cl)c1ccccc1C#N. The molecular formula is C14H10ClN3O. The number of carbonyl (C=O) groups is 1. The first-order valence-corrected chi connectivity index (χ1v) is 5.90. The van der Waals surface area contributed by atoms with Crippen molar-refractivity contribution in [3.05, 3.63) is 58.9 Å². The van der Waals surface area contributed by atoms with E-state index in [0.717, 1.165) is 0 Å². The summed E-state index contributed by atoms with van der Waals surface area (Å²) in [5.41, 5.74) is 1.27. The molecule has 0 fully saturated rings. The second-order valence-electron chi connectivity index (χ2n) is 3.83. The fourth-order valence-corrected chi connectivity index (χ4v) is 1.90. The Kier molecular flexibility index (Phi) is 3.79. The van der Waals surface area contributed by atoms with E-state index in [1.165, 1.54) is 11.1 Å². The van der Waals surface area contributed by atoms with Crippen LogP contribution in [0.25, 0.3) is 0 Å². The van der Waals surface area contributed by atoms with E-state index in [9.17, 15) is 4.79 Å². The highest BCUT2D eigenvalue weighted by atomic mass is 35.5. The molecule has 5 heteroatoms. The topological polar surface area (TPSA) is 57.0 Å². The Hall–Kier alpha value is -2.38. The van der Waals surface area contributed by atoms with Crippen LogP contribution in [0, 0.1) is 11.3 Å². The van der Waals surface area contributed by atoms with Gasteiger partial charge in [0.15, 0.2) is 0 Å². The van der Waals surface area contributed by atoms with E-state index in [4.69, 9.17) is 16.9 Å². The highest BCUT2D eigenvalue weighted by Gasteiger charge is 2.18. The van der Waals surface area contributed by atoms with Gasteiger partial charge in [0.05, 0.1) is 16.8 Å². The third-order valence-electron chi connectivity index (χ3n) is 2.68. The number of amides is 1. The zero-order valence-corrected chi connectivity index (χ0v) is 10.9. The van der Waals surface area contributed by atoms with Gasteiger partial charge in [-0.05, 0) is 24.3 Å². The van der Waals surface area contributed by atoms with E-state index >= 15 is 0 Å². The lowest BCUT2D eigenvalue weighted by Crippen LogP contribution is -2.27. The molecule has 0 saturated carbocycles. The number of carbonyl (C=O) groups excluding carboxylic acids is 1. The molecule has 1 heterocycles. The minimum atomic E-state index is -0.305. The zero-order chi connectivity index (χ0) is 13.8. The van der Waals surface area contributed by atoms with Gasteiger partial charge in [-0.1, -0.05) is 23.7 Å². The minimum Gasteiger partial charge on any atom is -0.310 e. The molecule has 0 aliphatic heterocycles. The van der Waals surface area contributed by atoms with Crippen LogP contribution in [0.1, 0.15) is 15.9 Å². The molecule has 0 radical (unpaired) electrons. The van der Waals surface area contributed by atoms with Gasteiger partial charge in [0, 0.05) is 13.2 Å². The zero-order valence-electron chi connectivity index (χ0n) is 10.2. The molecular weight excluding hydrogens is 262 g/mol. The van der Waals surface area contributed by atoms with Crippen molar-refractivity contribution in [2.24, 2.45) is 0 Å². The van der Waals surface area contributed by atoms with Crippen molar-refractivity contribution in [3.8, 4) is 6.07 Å². The summed E-state index contributed by atoms with van der Waals surface area (Å²) in [6, 6.07) is 12.2. The molecule has 0 spiro atoms. The van der Waals surface area contributed by atoms with E-state index in [-0.39, 0.29) is 11.1 Å². The molecule has 1 amide bonds. The van der Waals surface area contributed by atoms with Gasteiger partial charge in [-0.2, -0.15) is 5.26 Å². The number of rotatable bonds is 2. The molecule has 0 unspecified atom stereocenters. The van der Waals surface area contributed by atoms with E-state index in [1.54, 1.807) is 43.4 Å². The van der Waals surface area contributed by atoms with Crippen LogP contribution in [-0.4, -0.2) is 17.9 Å². The first-order chi connectivity index (χ1) is 9.15. The van der Waals surface area contributed by atoms with Gasteiger partial charge in [-0.3, -0.25) is 4.79 Å². The van der Waals surface area contributed by atoms with Crippen molar-refractivity contribution < 1.29 is 4.79 Å². The predicted molar refractivity (Wildman–Crippen MR) is 73.1 cm³/mol. The summed E-state index contributed by atoms with van der Waals surface area (Å²) in [4.78, 5) is 17.6. The molecule has 0 bridgehead atoms. The number of hydrogen-bond donors (Lipinski definition) is 0. The van der Waals surface area contributed by atoms with Crippen molar-refractivity contribution >= 4 is 23.2 Å². The maximum absolute atomic E-state index is 12.3. The van der Waals surface area contributed by atoms with Gasteiger partial charge in [0.2, 0.25) is 0 Å². The quantitative estimate of drug-likeness (QED) is 0.789. The molecule has 0 N–H and O–H groups in total. The number of halogens is 1. The van der Waals surface area contributed by atoms with Crippen LogP contribution in [0.3, 0.4) is 0 Å². The van der Waals surface area contributed by atoms with Gasteiger partial charge in [-0.25, -0.2) is 4.98 Å². The van der Waals surface area contributed by atoms with E-state index in [0.29, 0.717) is 16.8 Å². The van der Waals surface area contributed by atoms with E-state index < -0.39 is 0 Å². The first-order valence-electron chi connectivity index (χ1n) is 5.53. The monoisotopic (exact) mass is 271 g/mol. The average Bonchev–Trinajstić information content (AvgIpc) is 2.46. The summed E-state index contributed by atoms with van der Waals surface area (Å²) in [6.07, 6.45) is 1.52. The molecule has 4 nitrogen and oxygen atoms in total. The third kappa shape index (κ3) is 2.56. The molecule has 94 valence electrons. The van der Waals surface area contributed by atoms with Crippen molar-refractivity contribution in [3.63, 3.8) is 0 Å². The lowest BCUT2D eigenvalue weighted by molar-refractivity contribution is 0.0993. The Morgan fingerprint density at radius 2 is 2.05 bits per heavy atom. The second-order valence-corrected chi connectivity index (χ2v) is 4.19. The van der Waals surface area contributed by atoms with Crippen LogP contribution in [0.2, 0.25) is 5.15 Å². The van der Waals surface area contributed by atoms with Gasteiger partial charge < -0.3 is 4.90 Å². The summed E-state index contributed by atoms with van der Waals surface area (Å²) in [5.74, 6) is -0.305. The Labute approximate surface area is 115 Å². The summed E-state index contributed by atoms with van der Waals surface area (Å²) < 4.78 is 0. The third-order valence-corrected chi connectivity index (χ3v) is 2.98. The van der Waals surface area contributed by atoms with Gasteiger partial charge in [-0.15, -0.1) is 0 Å². The fraction of sp³-hybridized carbons (Fsp3) is 0.0714. The number of aromatic nitrogens is 1. The average molecular weight is 272 g/mol. The molecule has 0 aliphatic carbocycles. The number of nitrogens with zero attached hydrogens (tertiary/aromatic N) is 3. The molecule has 1 aromatic heterocycles. The number of anilines is 1. The molecule has 0 saturated heterocycles. The van der Waals surface area contributed by atoms with Crippen molar-refractivity contribution in [2.45, 2.75) is 0 Å². The molecule has 2 aromatic rings. The minimum absolute atomic E-state index is 0.147. The van der Waals surface area contributed by atoms with E-state index in [2.05, 4.69) is 11.1 Å². The number of para-hydroxylation sites is 1. The second kappa shape index (κ2) is 5.51. The molecule has 1 aromatic carbocycles. The number of benzene rings is 1. The Morgan fingerprint density at radius 3 is 2.74 bits per heavy atom. The molecule has 0 aliphatic rings. The summed E-state index contributed by atoms with van der Waals surface area (Å²) in [6.45, 7) is 0. The Morgan fingerprint density at radius 1 is 1.32 bits per heavy atom. The fourth-order valence-electron chi connectivity index (χ4n) is 1.70. The number of pyridine rings is 1. The maximum Gasteiger partial charge on any atom is 0.261 e. The van der Waals surface area contributed by atoms with Gasteiger partial charge in [0.25, 0.3) is 5.91 Å². The summed E-state index contributed by atoms with van der Waals surface area (Å²) >= 11 is 5.90. The Bertz CT molecular complexity index is 664. The van der Waals surface area contributed by atoms with Gasteiger partial charge >= 0.3 is 0 Å². The summed E-state index contributed by atoms with van der Waals surface area (Å²) in [7, 11) is 1.60. The predicted octanol–water partition coefficient (Wildman–Crippen LogP) is 2.88. The van der Waals surface area contributed by atoms with E-state index in [1.807, 2.05) is 0 Å². The lowest BCUT2D eigenvalue weighted by atomic mass is 10.1. The van der Waals surface area contributed by atoms with Crippen LogP contribution in [-0.2, 0) is 0 Å². The van der Waals surface area contributed by atoms with Crippen molar-refractivity contribution in [1.82, 2.24) is 4.98 Å². The van der Waals surface area contributed by atoms with Crippen LogP contribution in [0.4, 0.5) is 5.69 Å². The van der Waals surface area contributed by atoms with Crippen molar-refractivity contribution in [1.29, 1.82) is 5.26 Å². The van der Waals surface area contributed by atoms with Crippen LogP contribution in [0.15, 0.2) is 42.6 Å². The van der Waals surface area contributed by atoms with Crippen LogP contribution >= 0.6 is 11.6 Å². The largest absolute Gasteiger partial charge is 0.310 e. The maximum atomic E-state index is 12.3. The van der Waals surface area contributed by atoms with Gasteiger partial charge in [0.1, 0.15) is 11.2 Å². The van der Waals surface area contributed by atoms with Crippen LogP contribution < -0.4 is 4.90 Å². The molecule has 0 atom stereocenters. The first kappa shape index (κ1) is 13.1. The highest BCUT2D eigenvalue weighted by Crippen LogP contribution is 2.22. The molecule has 19 heavy (non-hydrogen) atoms. The number of nitriles is 1.